The minimum atomic E-state index is -0.201. The van der Waals surface area contributed by atoms with Gasteiger partial charge in [-0.15, -0.1) is 0 Å². The van der Waals surface area contributed by atoms with Gasteiger partial charge in [0.25, 0.3) is 0 Å². The lowest BCUT2D eigenvalue weighted by Crippen LogP contribution is -2.28. The molecule has 0 spiro atoms. The Bertz CT molecular complexity index is 352. The molecule has 0 aliphatic rings. The van der Waals surface area contributed by atoms with Gasteiger partial charge in [0.05, 0.1) is 0 Å². The zero-order chi connectivity index (χ0) is 11.3. The van der Waals surface area contributed by atoms with Crippen LogP contribution in [0.3, 0.4) is 0 Å². The van der Waals surface area contributed by atoms with Crippen molar-refractivity contribution in [3.63, 3.8) is 0 Å². The molecule has 0 atom stereocenters. The van der Waals surface area contributed by atoms with Gasteiger partial charge in [-0.2, -0.15) is 0 Å². The Labute approximate surface area is 94.9 Å². The highest BCUT2D eigenvalue weighted by Gasteiger charge is 2.00. The molecule has 0 saturated carbocycles. The minimum Gasteiger partial charge on any atom is -0.362 e. The molecule has 0 radical (unpaired) electrons. The van der Waals surface area contributed by atoms with Crippen molar-refractivity contribution in [3.05, 3.63) is 29.6 Å². The maximum absolute atomic E-state index is 13.0. The average molecular weight is 226 g/mol. The first-order valence-electron chi connectivity index (χ1n) is 4.94. The number of thiocarbonyl (C=S) groups is 1. The molecule has 0 aliphatic heterocycles. The van der Waals surface area contributed by atoms with Crippen molar-refractivity contribution in [2.24, 2.45) is 0 Å². The highest BCUT2D eigenvalue weighted by atomic mass is 32.1. The highest BCUT2D eigenvalue weighted by Crippen LogP contribution is 2.13. The molecule has 0 heterocycles. The summed E-state index contributed by atoms with van der Waals surface area (Å²) in [5, 5.41) is 6.61. The molecule has 1 rings (SSSR count). The molecule has 15 heavy (non-hydrogen) atoms. The Morgan fingerprint density at radius 3 is 2.80 bits per heavy atom. The summed E-state index contributed by atoms with van der Waals surface area (Å²) in [6, 6.07) is 4.83. The number of hydrogen-bond acceptors (Lipinski definition) is 1. The predicted molar refractivity (Wildman–Crippen MR) is 65.7 cm³/mol. The summed E-state index contributed by atoms with van der Waals surface area (Å²) in [6.07, 6.45) is 1.02. The lowest BCUT2D eigenvalue weighted by Gasteiger charge is -2.10. The second kappa shape index (κ2) is 5.66. The summed E-state index contributed by atoms with van der Waals surface area (Å²) in [5.41, 5.74) is 1.42. The molecule has 0 bridgehead atoms. The van der Waals surface area contributed by atoms with Crippen LogP contribution in [0.25, 0.3) is 0 Å². The second-order valence-electron chi connectivity index (χ2n) is 3.34. The number of hydrogen-bond donors (Lipinski definition) is 2. The molecule has 1 aromatic rings. The summed E-state index contributed by atoms with van der Waals surface area (Å²) >= 11 is 5.06. The quantitative estimate of drug-likeness (QED) is 0.775. The van der Waals surface area contributed by atoms with Crippen LogP contribution in [0.1, 0.15) is 18.9 Å². The number of benzene rings is 1. The van der Waals surface area contributed by atoms with Crippen molar-refractivity contribution in [1.82, 2.24) is 5.32 Å². The average Bonchev–Trinajstić information content (AvgIpc) is 2.20. The first kappa shape index (κ1) is 11.9. The van der Waals surface area contributed by atoms with Crippen molar-refractivity contribution in [3.8, 4) is 0 Å². The Balaban J connectivity index is 2.57. The zero-order valence-corrected chi connectivity index (χ0v) is 9.75. The van der Waals surface area contributed by atoms with Crippen LogP contribution in [0.15, 0.2) is 18.2 Å². The molecule has 0 fully saturated rings. The van der Waals surface area contributed by atoms with Gasteiger partial charge < -0.3 is 10.6 Å². The van der Waals surface area contributed by atoms with E-state index in [1.807, 2.05) is 0 Å². The van der Waals surface area contributed by atoms with Gasteiger partial charge in [-0.05, 0) is 49.3 Å². The normalized spacial score (nSPS) is 9.80. The van der Waals surface area contributed by atoms with Crippen LogP contribution in [0.4, 0.5) is 10.1 Å². The van der Waals surface area contributed by atoms with E-state index in [1.54, 1.807) is 19.1 Å². The minimum absolute atomic E-state index is 0.201. The molecule has 2 N–H and O–H groups in total. The Hall–Kier alpha value is -1.16. The van der Waals surface area contributed by atoms with Gasteiger partial charge in [0, 0.05) is 12.2 Å². The van der Waals surface area contributed by atoms with Gasteiger partial charge in [0.1, 0.15) is 5.82 Å². The van der Waals surface area contributed by atoms with Crippen molar-refractivity contribution in [2.45, 2.75) is 20.3 Å². The van der Waals surface area contributed by atoms with Gasteiger partial charge in [0.15, 0.2) is 5.11 Å². The molecule has 0 amide bonds. The summed E-state index contributed by atoms with van der Waals surface area (Å²) in [5.74, 6) is -0.201. The van der Waals surface area contributed by atoms with E-state index in [-0.39, 0.29) is 5.82 Å². The van der Waals surface area contributed by atoms with E-state index in [0.29, 0.717) is 10.7 Å². The van der Waals surface area contributed by atoms with Gasteiger partial charge >= 0.3 is 0 Å². The van der Waals surface area contributed by atoms with Crippen molar-refractivity contribution < 1.29 is 4.39 Å². The van der Waals surface area contributed by atoms with Crippen LogP contribution in [0, 0.1) is 12.7 Å². The first-order chi connectivity index (χ1) is 7.13. The third kappa shape index (κ3) is 3.83. The van der Waals surface area contributed by atoms with E-state index in [1.165, 1.54) is 6.07 Å². The molecule has 4 heteroatoms. The Morgan fingerprint density at radius 1 is 1.47 bits per heavy atom. The Morgan fingerprint density at radius 2 is 2.20 bits per heavy atom. The molecule has 0 saturated heterocycles. The van der Waals surface area contributed by atoms with Crippen molar-refractivity contribution in [2.75, 3.05) is 11.9 Å². The number of halogens is 1. The van der Waals surface area contributed by atoms with Crippen LogP contribution in [0.5, 0.6) is 0 Å². The van der Waals surface area contributed by atoms with Crippen molar-refractivity contribution >= 4 is 23.0 Å². The predicted octanol–water partition coefficient (Wildman–Crippen LogP) is 2.83. The van der Waals surface area contributed by atoms with Crippen LogP contribution in [0.2, 0.25) is 0 Å². The van der Waals surface area contributed by atoms with Gasteiger partial charge in [-0.3, -0.25) is 0 Å². The summed E-state index contributed by atoms with van der Waals surface area (Å²) < 4.78 is 13.0. The monoisotopic (exact) mass is 226 g/mol. The van der Waals surface area contributed by atoms with E-state index in [9.17, 15) is 4.39 Å². The largest absolute Gasteiger partial charge is 0.362 e. The van der Waals surface area contributed by atoms with E-state index in [4.69, 9.17) is 12.2 Å². The van der Waals surface area contributed by atoms with E-state index < -0.39 is 0 Å². The molecular weight excluding hydrogens is 211 g/mol. The number of nitrogens with one attached hydrogen (secondary N) is 2. The standard InChI is InChI=1S/C11H15FN2S/c1-3-6-13-11(15)14-9-4-5-10(12)8(2)7-9/h4-5,7H,3,6H2,1-2H3,(H2,13,14,15). The van der Waals surface area contributed by atoms with Crippen LogP contribution < -0.4 is 10.6 Å². The molecule has 0 aromatic heterocycles. The SMILES string of the molecule is CCCNC(=S)Nc1ccc(F)c(C)c1. The molecule has 2 nitrogen and oxygen atoms in total. The number of rotatable bonds is 3. The van der Waals surface area contributed by atoms with Gasteiger partial charge in [-0.25, -0.2) is 4.39 Å². The maximum atomic E-state index is 13.0. The second-order valence-corrected chi connectivity index (χ2v) is 3.75. The van der Waals surface area contributed by atoms with Gasteiger partial charge in [0.2, 0.25) is 0 Å². The van der Waals surface area contributed by atoms with Crippen LogP contribution in [-0.2, 0) is 0 Å². The summed E-state index contributed by atoms with van der Waals surface area (Å²) in [4.78, 5) is 0. The zero-order valence-electron chi connectivity index (χ0n) is 8.93. The fraction of sp³-hybridized carbons (Fsp3) is 0.364. The first-order valence-corrected chi connectivity index (χ1v) is 5.35. The van der Waals surface area contributed by atoms with E-state index in [0.717, 1.165) is 18.7 Å². The highest BCUT2D eigenvalue weighted by molar-refractivity contribution is 7.80. The summed E-state index contributed by atoms with van der Waals surface area (Å²) in [6.45, 7) is 4.63. The van der Waals surface area contributed by atoms with E-state index in [2.05, 4.69) is 17.6 Å². The van der Waals surface area contributed by atoms with Crippen LogP contribution in [-0.4, -0.2) is 11.7 Å². The third-order valence-electron chi connectivity index (χ3n) is 1.95. The summed E-state index contributed by atoms with van der Waals surface area (Å²) in [7, 11) is 0. The fourth-order valence-electron chi connectivity index (χ4n) is 1.14. The molecule has 0 unspecified atom stereocenters. The van der Waals surface area contributed by atoms with Crippen molar-refractivity contribution in [1.29, 1.82) is 0 Å². The smallest absolute Gasteiger partial charge is 0.170 e. The lowest BCUT2D eigenvalue weighted by atomic mass is 10.2. The molecule has 0 aliphatic carbocycles. The topological polar surface area (TPSA) is 24.1 Å². The fourth-order valence-corrected chi connectivity index (χ4v) is 1.36. The third-order valence-corrected chi connectivity index (χ3v) is 2.20. The number of aryl methyl sites for hydroxylation is 1. The maximum Gasteiger partial charge on any atom is 0.170 e. The van der Waals surface area contributed by atoms with E-state index >= 15 is 0 Å². The Kier molecular flexibility index (Phi) is 4.49. The molecular formula is C11H15FN2S. The van der Waals surface area contributed by atoms with Crippen LogP contribution >= 0.6 is 12.2 Å². The molecule has 82 valence electrons. The molecule has 1 aromatic carbocycles. The van der Waals surface area contributed by atoms with Gasteiger partial charge in [-0.1, -0.05) is 6.92 Å². The number of anilines is 1. The lowest BCUT2D eigenvalue weighted by molar-refractivity contribution is 0.619.